The van der Waals surface area contributed by atoms with Gasteiger partial charge in [0.05, 0.1) is 0 Å². The summed E-state index contributed by atoms with van der Waals surface area (Å²) in [5.41, 5.74) is 0.930. The molecule has 0 aromatic carbocycles. The Balaban J connectivity index is 1.63. The highest BCUT2D eigenvalue weighted by atomic mass is 16.2. The Morgan fingerprint density at radius 1 is 1.12 bits per heavy atom. The van der Waals surface area contributed by atoms with Crippen molar-refractivity contribution in [1.82, 2.24) is 19.7 Å². The van der Waals surface area contributed by atoms with Gasteiger partial charge < -0.3 is 14.7 Å². The van der Waals surface area contributed by atoms with Crippen molar-refractivity contribution in [2.45, 2.75) is 18.9 Å². The van der Waals surface area contributed by atoms with E-state index >= 15 is 0 Å². The minimum atomic E-state index is -0.303. The number of amides is 2. The van der Waals surface area contributed by atoms with E-state index < -0.39 is 0 Å². The zero-order valence-corrected chi connectivity index (χ0v) is 14.1. The highest BCUT2D eigenvalue weighted by Gasteiger charge is 2.36. The zero-order chi connectivity index (χ0) is 16.9. The number of hydrogen-bond acceptors (Lipinski definition) is 4. The maximum Gasteiger partial charge on any atom is 0.247 e. The van der Waals surface area contributed by atoms with Crippen LogP contribution in [-0.2, 0) is 9.59 Å². The molecular formula is C18H24N4O2. The number of aromatic nitrogens is 1. The number of likely N-dealkylation sites (tertiary alicyclic amines) is 1. The van der Waals surface area contributed by atoms with Crippen LogP contribution in [0.15, 0.2) is 30.6 Å². The Kier molecular flexibility index (Phi) is 5.25. The largest absolute Gasteiger partial charge is 0.338 e. The van der Waals surface area contributed by atoms with E-state index in [0.717, 1.165) is 44.6 Å². The summed E-state index contributed by atoms with van der Waals surface area (Å²) in [4.78, 5) is 35.1. The number of hydrogen-bond donors (Lipinski definition) is 0. The van der Waals surface area contributed by atoms with Crippen molar-refractivity contribution in [3.8, 4) is 0 Å². The Bertz CT molecular complexity index is 609. The molecule has 6 heteroatoms. The summed E-state index contributed by atoms with van der Waals surface area (Å²) in [5, 5.41) is 0. The maximum atomic E-state index is 12.8. The van der Waals surface area contributed by atoms with E-state index in [1.165, 1.54) is 0 Å². The third-order valence-corrected chi connectivity index (χ3v) is 4.76. The van der Waals surface area contributed by atoms with Crippen molar-refractivity contribution in [3.63, 3.8) is 0 Å². The zero-order valence-electron chi connectivity index (χ0n) is 14.1. The third kappa shape index (κ3) is 3.82. The molecule has 1 aromatic heterocycles. The van der Waals surface area contributed by atoms with Gasteiger partial charge in [0.1, 0.15) is 6.04 Å². The molecule has 3 rings (SSSR count). The van der Waals surface area contributed by atoms with Gasteiger partial charge in [-0.15, -0.1) is 0 Å². The molecule has 24 heavy (non-hydrogen) atoms. The van der Waals surface area contributed by atoms with Crippen molar-refractivity contribution >= 4 is 17.9 Å². The lowest BCUT2D eigenvalue weighted by molar-refractivity contribution is -0.142. The molecule has 1 atom stereocenters. The number of carbonyl (C=O) groups is 2. The van der Waals surface area contributed by atoms with Gasteiger partial charge in [0.15, 0.2) is 0 Å². The van der Waals surface area contributed by atoms with Crippen LogP contribution in [0.1, 0.15) is 18.4 Å². The average molecular weight is 328 g/mol. The topological polar surface area (TPSA) is 56.8 Å². The smallest absolute Gasteiger partial charge is 0.247 e. The number of pyridine rings is 1. The molecule has 2 saturated heterocycles. The van der Waals surface area contributed by atoms with Crippen LogP contribution < -0.4 is 0 Å². The summed E-state index contributed by atoms with van der Waals surface area (Å²) in [6.45, 7) is 3.95. The van der Waals surface area contributed by atoms with Crippen molar-refractivity contribution in [3.05, 3.63) is 36.2 Å². The lowest BCUT2D eigenvalue weighted by Gasteiger charge is -2.35. The predicted octanol–water partition coefficient (Wildman–Crippen LogP) is 0.860. The van der Waals surface area contributed by atoms with Crippen LogP contribution in [0.4, 0.5) is 0 Å². The maximum absolute atomic E-state index is 12.8. The van der Waals surface area contributed by atoms with E-state index in [2.05, 4.69) is 16.9 Å². The van der Waals surface area contributed by atoms with E-state index in [-0.39, 0.29) is 17.9 Å². The summed E-state index contributed by atoms with van der Waals surface area (Å²) in [5.74, 6) is 0.0167. The molecule has 3 heterocycles. The molecular weight excluding hydrogens is 304 g/mol. The predicted molar refractivity (Wildman–Crippen MR) is 92.1 cm³/mol. The second kappa shape index (κ2) is 7.57. The lowest BCUT2D eigenvalue weighted by atomic mass is 10.1. The molecule has 2 fully saturated rings. The third-order valence-electron chi connectivity index (χ3n) is 4.76. The molecule has 2 aliphatic heterocycles. The van der Waals surface area contributed by atoms with Crippen molar-refractivity contribution in [2.75, 3.05) is 39.8 Å². The number of nitrogens with zero attached hydrogens (tertiary/aromatic N) is 4. The molecule has 0 bridgehead atoms. The van der Waals surface area contributed by atoms with E-state index in [0.29, 0.717) is 6.54 Å². The minimum absolute atomic E-state index is 0.0863. The fourth-order valence-electron chi connectivity index (χ4n) is 3.26. The molecule has 0 radical (unpaired) electrons. The first-order valence-corrected chi connectivity index (χ1v) is 8.51. The normalized spacial score (nSPS) is 22.3. The molecule has 0 spiro atoms. The van der Waals surface area contributed by atoms with Crippen LogP contribution in [-0.4, -0.2) is 77.3 Å². The average Bonchev–Trinajstić information content (AvgIpc) is 3.10. The standard InChI is InChI=1S/C18H24N4O2/c1-20-11-13-21(14-12-20)18(24)16-3-2-10-22(16)17(23)5-4-15-6-8-19-9-7-15/h4-9,16H,2-3,10-14H2,1H3/b5-4+. The molecule has 0 aliphatic carbocycles. The van der Waals surface area contributed by atoms with Gasteiger partial charge >= 0.3 is 0 Å². The van der Waals surface area contributed by atoms with Crippen molar-refractivity contribution in [1.29, 1.82) is 0 Å². The highest BCUT2D eigenvalue weighted by molar-refractivity contribution is 5.96. The summed E-state index contributed by atoms with van der Waals surface area (Å²) in [6, 6.07) is 3.39. The molecule has 0 N–H and O–H groups in total. The van der Waals surface area contributed by atoms with Gasteiger partial charge in [-0.25, -0.2) is 0 Å². The Hall–Kier alpha value is -2.21. The Morgan fingerprint density at radius 3 is 2.54 bits per heavy atom. The van der Waals surface area contributed by atoms with Crippen LogP contribution >= 0.6 is 0 Å². The van der Waals surface area contributed by atoms with Gasteiger partial charge in [0, 0.05) is 51.2 Å². The van der Waals surface area contributed by atoms with Gasteiger partial charge in [-0.3, -0.25) is 14.6 Å². The number of piperazine rings is 1. The lowest BCUT2D eigenvalue weighted by Crippen LogP contribution is -2.53. The molecule has 0 saturated carbocycles. The van der Waals surface area contributed by atoms with Crippen LogP contribution in [0, 0.1) is 0 Å². The van der Waals surface area contributed by atoms with Gasteiger partial charge in [0.2, 0.25) is 11.8 Å². The van der Waals surface area contributed by atoms with E-state index in [4.69, 9.17) is 0 Å². The van der Waals surface area contributed by atoms with Crippen LogP contribution in [0.5, 0.6) is 0 Å². The van der Waals surface area contributed by atoms with Crippen LogP contribution in [0.2, 0.25) is 0 Å². The Morgan fingerprint density at radius 2 is 1.83 bits per heavy atom. The minimum Gasteiger partial charge on any atom is -0.338 e. The van der Waals surface area contributed by atoms with Gasteiger partial charge in [-0.05, 0) is 43.7 Å². The molecule has 2 aliphatic rings. The summed E-state index contributed by atoms with van der Waals surface area (Å²) >= 11 is 0. The molecule has 2 amide bonds. The fraction of sp³-hybridized carbons (Fsp3) is 0.500. The number of rotatable bonds is 3. The summed E-state index contributed by atoms with van der Waals surface area (Å²) in [7, 11) is 2.07. The first-order valence-electron chi connectivity index (χ1n) is 8.51. The Labute approximate surface area is 142 Å². The number of likely N-dealkylation sites (N-methyl/N-ethyl adjacent to an activating group) is 1. The van der Waals surface area contributed by atoms with Gasteiger partial charge in [-0.2, -0.15) is 0 Å². The van der Waals surface area contributed by atoms with Crippen LogP contribution in [0.25, 0.3) is 6.08 Å². The van der Waals surface area contributed by atoms with Gasteiger partial charge in [0.25, 0.3) is 0 Å². The molecule has 1 unspecified atom stereocenters. The van der Waals surface area contributed by atoms with E-state index in [1.54, 1.807) is 29.4 Å². The summed E-state index contributed by atoms with van der Waals surface area (Å²) in [6.07, 6.45) is 8.38. The molecule has 1 aromatic rings. The monoisotopic (exact) mass is 328 g/mol. The van der Waals surface area contributed by atoms with Crippen molar-refractivity contribution in [2.24, 2.45) is 0 Å². The molecule has 6 nitrogen and oxygen atoms in total. The number of carbonyl (C=O) groups excluding carboxylic acids is 2. The second-order valence-electron chi connectivity index (χ2n) is 6.43. The highest BCUT2D eigenvalue weighted by Crippen LogP contribution is 2.21. The summed E-state index contributed by atoms with van der Waals surface area (Å²) < 4.78 is 0. The first-order chi connectivity index (χ1) is 11.6. The van der Waals surface area contributed by atoms with E-state index in [1.807, 2.05) is 17.0 Å². The SMILES string of the molecule is CN1CCN(C(=O)C2CCCN2C(=O)/C=C/c2ccncc2)CC1. The quantitative estimate of drug-likeness (QED) is 0.772. The fourth-order valence-corrected chi connectivity index (χ4v) is 3.26. The molecule has 128 valence electrons. The second-order valence-corrected chi connectivity index (χ2v) is 6.43. The van der Waals surface area contributed by atoms with Crippen LogP contribution in [0.3, 0.4) is 0 Å². The van der Waals surface area contributed by atoms with Gasteiger partial charge in [-0.1, -0.05) is 0 Å². The first kappa shape index (κ1) is 16.6. The van der Waals surface area contributed by atoms with E-state index in [9.17, 15) is 9.59 Å². The van der Waals surface area contributed by atoms with Crippen molar-refractivity contribution < 1.29 is 9.59 Å².